The van der Waals surface area contributed by atoms with Crippen LogP contribution in [0, 0.1) is 5.41 Å². The van der Waals surface area contributed by atoms with Crippen LogP contribution in [0.4, 0.5) is 10.5 Å². The largest absolute Gasteiger partial charge is 0.334 e. The third kappa shape index (κ3) is 4.85. The molecule has 8 heteroatoms. The molecule has 2 aromatic carbocycles. The van der Waals surface area contributed by atoms with Crippen molar-refractivity contribution >= 4 is 35.2 Å². The van der Waals surface area contributed by atoms with Gasteiger partial charge in [-0.3, -0.25) is 24.1 Å². The molecule has 0 unspecified atom stereocenters. The van der Waals surface area contributed by atoms with Crippen molar-refractivity contribution in [1.29, 1.82) is 0 Å². The molecule has 0 atom stereocenters. The van der Waals surface area contributed by atoms with E-state index in [1.807, 2.05) is 0 Å². The summed E-state index contributed by atoms with van der Waals surface area (Å²) in [6.07, 6.45) is 0. The van der Waals surface area contributed by atoms with E-state index in [4.69, 9.17) is 0 Å². The van der Waals surface area contributed by atoms with Crippen molar-refractivity contribution in [2.75, 3.05) is 11.9 Å². The van der Waals surface area contributed by atoms with E-state index in [9.17, 15) is 24.0 Å². The number of amides is 5. The maximum absolute atomic E-state index is 12.6. The van der Waals surface area contributed by atoms with Crippen molar-refractivity contribution in [1.82, 2.24) is 9.80 Å². The van der Waals surface area contributed by atoms with Crippen LogP contribution in [-0.4, -0.2) is 45.9 Å². The zero-order valence-electron chi connectivity index (χ0n) is 17.5. The fourth-order valence-corrected chi connectivity index (χ4v) is 2.89. The Morgan fingerprint density at radius 3 is 2.00 bits per heavy atom. The summed E-state index contributed by atoms with van der Waals surface area (Å²) in [7, 11) is 0. The smallest absolute Gasteiger partial charge is 0.326 e. The number of ketones is 1. The SMILES string of the molecule is CC(C)(C)C(=O)Nc1ccc(C(=O)CN2C(=O)C(=O)N(Cc3ccccc3)C2=O)cc1. The minimum absolute atomic E-state index is 0.0445. The van der Waals surface area contributed by atoms with Gasteiger partial charge in [-0.2, -0.15) is 0 Å². The molecule has 0 aliphatic carbocycles. The number of carbonyl (C=O) groups excluding carboxylic acids is 5. The van der Waals surface area contributed by atoms with Gasteiger partial charge in [-0.25, -0.2) is 9.69 Å². The lowest BCUT2D eigenvalue weighted by Crippen LogP contribution is -2.36. The van der Waals surface area contributed by atoms with Crippen LogP contribution in [0.5, 0.6) is 0 Å². The van der Waals surface area contributed by atoms with E-state index in [0.717, 1.165) is 4.90 Å². The highest BCUT2D eigenvalue weighted by Gasteiger charge is 2.45. The molecular formula is C23H23N3O5. The molecule has 160 valence electrons. The molecular weight excluding hydrogens is 398 g/mol. The van der Waals surface area contributed by atoms with Gasteiger partial charge in [-0.1, -0.05) is 51.1 Å². The molecule has 1 aliphatic heterocycles. The lowest BCUT2D eigenvalue weighted by atomic mass is 9.95. The molecule has 0 aromatic heterocycles. The highest BCUT2D eigenvalue weighted by Crippen LogP contribution is 2.19. The molecule has 1 fully saturated rings. The second kappa shape index (κ2) is 8.51. The van der Waals surface area contributed by atoms with Crippen molar-refractivity contribution in [2.45, 2.75) is 27.3 Å². The summed E-state index contributed by atoms with van der Waals surface area (Å²) in [4.78, 5) is 63.2. The Balaban J connectivity index is 1.67. The van der Waals surface area contributed by atoms with E-state index in [-0.39, 0.29) is 18.0 Å². The summed E-state index contributed by atoms with van der Waals surface area (Å²) in [6.45, 7) is 4.77. The number of anilines is 1. The van der Waals surface area contributed by atoms with Crippen LogP contribution in [-0.2, 0) is 20.9 Å². The lowest BCUT2D eigenvalue weighted by molar-refractivity contribution is -0.143. The molecule has 8 nitrogen and oxygen atoms in total. The van der Waals surface area contributed by atoms with E-state index < -0.39 is 35.6 Å². The number of benzene rings is 2. The van der Waals surface area contributed by atoms with E-state index in [1.54, 1.807) is 63.2 Å². The first kappa shape index (κ1) is 21.9. The highest BCUT2D eigenvalue weighted by molar-refractivity contribution is 6.45. The first-order chi connectivity index (χ1) is 14.6. The number of urea groups is 1. The number of imide groups is 2. The van der Waals surface area contributed by atoms with Gasteiger partial charge in [0.1, 0.15) is 0 Å². The molecule has 1 saturated heterocycles. The quantitative estimate of drug-likeness (QED) is 0.439. The fraction of sp³-hybridized carbons (Fsp3) is 0.261. The minimum atomic E-state index is -1.02. The Morgan fingerprint density at radius 2 is 1.42 bits per heavy atom. The molecule has 0 spiro atoms. The van der Waals surface area contributed by atoms with Crippen molar-refractivity contribution in [3.8, 4) is 0 Å². The molecule has 31 heavy (non-hydrogen) atoms. The van der Waals surface area contributed by atoms with Crippen molar-refractivity contribution in [2.24, 2.45) is 5.41 Å². The van der Waals surface area contributed by atoms with Crippen LogP contribution in [0.15, 0.2) is 54.6 Å². The highest BCUT2D eigenvalue weighted by atomic mass is 16.2. The van der Waals surface area contributed by atoms with E-state index >= 15 is 0 Å². The van der Waals surface area contributed by atoms with Crippen molar-refractivity contribution in [3.63, 3.8) is 0 Å². The van der Waals surface area contributed by atoms with Gasteiger partial charge in [-0.15, -0.1) is 0 Å². The summed E-state index contributed by atoms with van der Waals surface area (Å²) in [5, 5.41) is 2.75. The fourth-order valence-electron chi connectivity index (χ4n) is 2.89. The van der Waals surface area contributed by atoms with Gasteiger partial charge in [0.15, 0.2) is 5.78 Å². The van der Waals surface area contributed by atoms with Gasteiger partial charge in [0.2, 0.25) is 5.91 Å². The third-order valence-electron chi connectivity index (χ3n) is 4.77. The average molecular weight is 421 g/mol. The number of rotatable bonds is 6. The van der Waals surface area contributed by atoms with Gasteiger partial charge < -0.3 is 5.32 Å². The Morgan fingerprint density at radius 1 is 0.839 bits per heavy atom. The van der Waals surface area contributed by atoms with E-state index in [2.05, 4.69) is 5.32 Å². The molecule has 1 aliphatic rings. The van der Waals surface area contributed by atoms with Gasteiger partial charge >= 0.3 is 17.8 Å². The molecule has 1 heterocycles. The predicted molar refractivity (Wildman–Crippen MR) is 113 cm³/mol. The topological polar surface area (TPSA) is 104 Å². The summed E-state index contributed by atoms with van der Waals surface area (Å²) in [5.74, 6) is -2.65. The van der Waals surface area contributed by atoms with Crippen LogP contribution in [0.25, 0.3) is 0 Å². The maximum atomic E-state index is 12.6. The maximum Gasteiger partial charge on any atom is 0.334 e. The van der Waals surface area contributed by atoms with Gasteiger partial charge in [0.05, 0.1) is 13.1 Å². The van der Waals surface area contributed by atoms with Crippen LogP contribution < -0.4 is 5.32 Å². The molecule has 0 saturated carbocycles. The minimum Gasteiger partial charge on any atom is -0.326 e. The van der Waals surface area contributed by atoms with Gasteiger partial charge in [-0.05, 0) is 29.8 Å². The summed E-state index contributed by atoms with van der Waals surface area (Å²) >= 11 is 0. The standard InChI is InChI=1S/C23H23N3O5/c1-23(2,3)21(30)24-17-11-9-16(10-12-17)18(27)14-26-20(29)19(28)25(22(26)31)13-15-7-5-4-6-8-15/h4-12H,13-14H2,1-3H3,(H,24,30). The number of Topliss-reactive ketones (excluding diaryl/α,β-unsaturated/α-hetero) is 1. The zero-order valence-corrected chi connectivity index (χ0v) is 17.5. The average Bonchev–Trinajstić information content (AvgIpc) is 2.92. The first-order valence-corrected chi connectivity index (χ1v) is 9.74. The number of nitrogens with one attached hydrogen (secondary N) is 1. The summed E-state index contributed by atoms with van der Waals surface area (Å²) in [6, 6.07) is 14.1. The number of nitrogens with zero attached hydrogens (tertiary/aromatic N) is 2. The Labute approximate surface area is 179 Å². The second-order valence-electron chi connectivity index (χ2n) is 8.26. The molecule has 3 rings (SSSR count). The predicted octanol–water partition coefficient (Wildman–Crippen LogP) is 2.84. The van der Waals surface area contributed by atoms with E-state index in [1.165, 1.54) is 12.1 Å². The molecule has 5 amide bonds. The third-order valence-corrected chi connectivity index (χ3v) is 4.77. The number of carbonyl (C=O) groups is 5. The van der Waals surface area contributed by atoms with Crippen LogP contribution in [0.3, 0.4) is 0 Å². The molecule has 0 bridgehead atoms. The Kier molecular flexibility index (Phi) is 6.01. The Hall–Kier alpha value is -3.81. The lowest BCUT2D eigenvalue weighted by Gasteiger charge is -2.18. The van der Waals surface area contributed by atoms with Gasteiger partial charge in [0, 0.05) is 16.7 Å². The van der Waals surface area contributed by atoms with Gasteiger partial charge in [0.25, 0.3) is 0 Å². The monoisotopic (exact) mass is 421 g/mol. The van der Waals surface area contributed by atoms with Crippen molar-refractivity contribution in [3.05, 3.63) is 65.7 Å². The van der Waals surface area contributed by atoms with E-state index in [0.29, 0.717) is 16.2 Å². The number of hydrogen-bond donors (Lipinski definition) is 1. The van der Waals surface area contributed by atoms with Crippen LogP contribution in [0.1, 0.15) is 36.7 Å². The van der Waals surface area contributed by atoms with Crippen LogP contribution >= 0.6 is 0 Å². The molecule has 0 radical (unpaired) electrons. The zero-order chi connectivity index (χ0) is 22.8. The normalized spacial score (nSPS) is 14.2. The first-order valence-electron chi connectivity index (χ1n) is 9.74. The molecule has 1 N–H and O–H groups in total. The Bertz CT molecular complexity index is 1040. The summed E-state index contributed by atoms with van der Waals surface area (Å²) in [5.41, 5.74) is 0.902. The summed E-state index contributed by atoms with van der Waals surface area (Å²) < 4.78 is 0. The van der Waals surface area contributed by atoms with Crippen LogP contribution in [0.2, 0.25) is 0 Å². The second-order valence-corrected chi connectivity index (χ2v) is 8.26. The molecule has 2 aromatic rings. The van der Waals surface area contributed by atoms with Crippen molar-refractivity contribution < 1.29 is 24.0 Å². The number of hydrogen-bond acceptors (Lipinski definition) is 5.